The monoisotopic (exact) mass is 109 g/mol. The molecule has 1 heterocycles. The fraction of sp³-hybridized carbons (Fsp3) is 0.200. The van der Waals surface area contributed by atoms with Crippen LogP contribution in [0.25, 0.3) is 0 Å². The third-order valence-corrected chi connectivity index (χ3v) is 0.818. The van der Waals surface area contributed by atoms with Crippen molar-refractivity contribution in [2.24, 2.45) is 7.05 Å². The normalized spacial score (nSPS) is 9.12. The lowest BCUT2D eigenvalue weighted by molar-refractivity contribution is 0.560. The Morgan fingerprint density at radius 2 is 2.62 bits per heavy atom. The number of rotatable bonds is 1. The molecule has 1 aromatic rings. The van der Waals surface area contributed by atoms with Crippen molar-refractivity contribution in [3.8, 4) is 0 Å². The summed E-state index contributed by atoms with van der Waals surface area (Å²) < 4.78 is 1.56. The van der Waals surface area contributed by atoms with E-state index in [1.165, 1.54) is 0 Å². The van der Waals surface area contributed by atoms with Gasteiger partial charge in [-0.1, -0.05) is 0 Å². The van der Waals surface area contributed by atoms with Gasteiger partial charge in [-0.15, -0.1) is 0 Å². The predicted molar refractivity (Wildman–Crippen MR) is 28.0 cm³/mol. The van der Waals surface area contributed by atoms with E-state index < -0.39 is 0 Å². The Balaban J connectivity index is 3.00. The van der Waals surface area contributed by atoms with Crippen LogP contribution in [-0.2, 0) is 11.8 Å². The summed E-state index contributed by atoms with van der Waals surface area (Å²) >= 11 is 0. The highest BCUT2D eigenvalue weighted by Crippen LogP contribution is 1.85. The lowest BCUT2D eigenvalue weighted by Crippen LogP contribution is -1.88. The number of aromatic nitrogens is 2. The third kappa shape index (κ3) is 0.753. The molecule has 3 heteroatoms. The molecule has 0 saturated carbocycles. The van der Waals surface area contributed by atoms with Gasteiger partial charge in [0.05, 0.1) is 0 Å². The van der Waals surface area contributed by atoms with Crippen LogP contribution < -0.4 is 0 Å². The van der Waals surface area contributed by atoms with E-state index in [9.17, 15) is 4.79 Å². The van der Waals surface area contributed by atoms with Crippen LogP contribution in [0.4, 0.5) is 0 Å². The van der Waals surface area contributed by atoms with Crippen molar-refractivity contribution in [3.05, 3.63) is 18.0 Å². The van der Waals surface area contributed by atoms with E-state index in [1.54, 1.807) is 30.3 Å². The summed E-state index contributed by atoms with van der Waals surface area (Å²) in [5.41, 5.74) is 0.354. The Morgan fingerprint density at radius 1 is 1.88 bits per heavy atom. The van der Waals surface area contributed by atoms with Crippen molar-refractivity contribution in [3.63, 3.8) is 0 Å². The fourth-order valence-electron chi connectivity index (χ4n) is 0.470. The molecule has 0 aliphatic heterocycles. The van der Waals surface area contributed by atoms with Crippen molar-refractivity contribution < 1.29 is 4.79 Å². The third-order valence-electron chi connectivity index (χ3n) is 0.818. The first-order valence-electron chi connectivity index (χ1n) is 2.21. The van der Waals surface area contributed by atoms with Crippen LogP contribution in [0.2, 0.25) is 0 Å². The Kier molecular flexibility index (Phi) is 1.12. The smallest absolute Gasteiger partial charge is 0.255 e. The molecular formula is C5H5N2O. The van der Waals surface area contributed by atoms with Gasteiger partial charge >= 0.3 is 0 Å². The number of hydrogen-bond donors (Lipinski definition) is 0. The number of aryl methyl sites for hydroxylation is 1. The lowest BCUT2D eigenvalue weighted by atomic mass is 10.5. The molecule has 0 N–H and O–H groups in total. The zero-order valence-electron chi connectivity index (χ0n) is 4.46. The van der Waals surface area contributed by atoms with E-state index in [4.69, 9.17) is 0 Å². The second-order valence-electron chi connectivity index (χ2n) is 1.48. The average Bonchev–Trinajstić information content (AvgIpc) is 2.14. The largest absolute Gasteiger partial charge is 0.283 e. The standard InChI is InChI=1S/C5H5N2O/c1-7-3-2-5(4-8)6-7/h2-3H,1H3. The van der Waals surface area contributed by atoms with Gasteiger partial charge in [-0.3, -0.25) is 9.48 Å². The topological polar surface area (TPSA) is 34.9 Å². The molecule has 3 nitrogen and oxygen atoms in total. The molecule has 0 atom stereocenters. The van der Waals surface area contributed by atoms with Gasteiger partial charge in [-0.25, -0.2) is 0 Å². The Hall–Kier alpha value is -1.12. The van der Waals surface area contributed by atoms with E-state index in [-0.39, 0.29) is 0 Å². The Morgan fingerprint density at radius 3 is 2.88 bits per heavy atom. The molecule has 0 aromatic carbocycles. The van der Waals surface area contributed by atoms with Crippen LogP contribution in [0.3, 0.4) is 0 Å². The van der Waals surface area contributed by atoms with Crippen molar-refractivity contribution >= 4 is 6.29 Å². The maximum Gasteiger partial charge on any atom is 0.255 e. The molecular weight excluding hydrogens is 104 g/mol. The molecule has 0 bridgehead atoms. The van der Waals surface area contributed by atoms with Gasteiger partial charge in [0, 0.05) is 13.2 Å². The van der Waals surface area contributed by atoms with Crippen molar-refractivity contribution in [1.82, 2.24) is 9.78 Å². The molecule has 8 heavy (non-hydrogen) atoms. The molecule has 0 amide bonds. The van der Waals surface area contributed by atoms with Gasteiger partial charge in [0.1, 0.15) is 5.69 Å². The minimum absolute atomic E-state index is 0.354. The molecule has 41 valence electrons. The summed E-state index contributed by atoms with van der Waals surface area (Å²) in [5.74, 6) is 0. The van der Waals surface area contributed by atoms with Crippen LogP contribution in [-0.4, -0.2) is 16.1 Å². The quantitative estimate of drug-likeness (QED) is 0.503. The SMILES string of the molecule is Cn1ccc([C]=O)n1. The summed E-state index contributed by atoms with van der Waals surface area (Å²) in [7, 11) is 1.75. The predicted octanol–water partition coefficient (Wildman–Crippen LogP) is -0.122. The maximum absolute atomic E-state index is 9.82. The maximum atomic E-state index is 9.82. The van der Waals surface area contributed by atoms with E-state index in [2.05, 4.69) is 5.10 Å². The van der Waals surface area contributed by atoms with Crippen LogP contribution in [0.5, 0.6) is 0 Å². The molecule has 1 radical (unpaired) electrons. The van der Waals surface area contributed by atoms with Gasteiger partial charge in [-0.05, 0) is 6.07 Å². The highest BCUT2D eigenvalue weighted by atomic mass is 16.1. The summed E-state index contributed by atoms with van der Waals surface area (Å²) in [4.78, 5) is 9.82. The molecule has 0 aliphatic rings. The first-order chi connectivity index (χ1) is 3.83. The van der Waals surface area contributed by atoms with E-state index in [0.717, 1.165) is 0 Å². The molecule has 0 fully saturated rings. The number of carbonyl (C=O) groups excluding carboxylic acids is 1. The van der Waals surface area contributed by atoms with E-state index in [1.807, 2.05) is 0 Å². The van der Waals surface area contributed by atoms with Crippen LogP contribution in [0.1, 0.15) is 5.69 Å². The number of hydrogen-bond acceptors (Lipinski definition) is 2. The van der Waals surface area contributed by atoms with Gasteiger partial charge in [0.2, 0.25) is 0 Å². The van der Waals surface area contributed by atoms with Crippen LogP contribution >= 0.6 is 0 Å². The van der Waals surface area contributed by atoms with E-state index >= 15 is 0 Å². The molecule has 0 unspecified atom stereocenters. The molecule has 0 saturated heterocycles. The molecule has 0 aliphatic carbocycles. The van der Waals surface area contributed by atoms with E-state index in [0.29, 0.717) is 5.69 Å². The van der Waals surface area contributed by atoms with Gasteiger partial charge in [-0.2, -0.15) is 5.10 Å². The Labute approximate surface area is 46.9 Å². The Bertz CT molecular complexity index is 192. The summed E-state index contributed by atoms with van der Waals surface area (Å²) in [6, 6.07) is 1.60. The van der Waals surface area contributed by atoms with Crippen molar-refractivity contribution in [2.75, 3.05) is 0 Å². The van der Waals surface area contributed by atoms with Gasteiger partial charge in [0.25, 0.3) is 6.29 Å². The van der Waals surface area contributed by atoms with Crippen LogP contribution in [0, 0.1) is 0 Å². The lowest BCUT2D eigenvalue weighted by Gasteiger charge is -1.79. The molecule has 1 aromatic heterocycles. The summed E-state index contributed by atoms with van der Waals surface area (Å²) in [5, 5.41) is 3.72. The van der Waals surface area contributed by atoms with Crippen molar-refractivity contribution in [1.29, 1.82) is 0 Å². The molecule has 1 rings (SSSR count). The second-order valence-corrected chi connectivity index (χ2v) is 1.48. The average molecular weight is 109 g/mol. The number of nitrogens with zero attached hydrogens (tertiary/aromatic N) is 2. The van der Waals surface area contributed by atoms with Gasteiger partial charge in [0.15, 0.2) is 0 Å². The first-order valence-corrected chi connectivity index (χ1v) is 2.21. The van der Waals surface area contributed by atoms with Gasteiger partial charge < -0.3 is 0 Å². The molecule has 0 spiro atoms. The minimum Gasteiger partial charge on any atom is -0.283 e. The highest BCUT2D eigenvalue weighted by molar-refractivity contribution is 5.71. The summed E-state index contributed by atoms with van der Waals surface area (Å²) in [6.45, 7) is 0. The summed E-state index contributed by atoms with van der Waals surface area (Å²) in [6.07, 6.45) is 3.36. The van der Waals surface area contributed by atoms with Crippen molar-refractivity contribution in [2.45, 2.75) is 0 Å². The second kappa shape index (κ2) is 1.78. The minimum atomic E-state index is 0.354. The zero-order chi connectivity index (χ0) is 5.98. The van der Waals surface area contributed by atoms with Crippen LogP contribution in [0.15, 0.2) is 12.3 Å². The fourth-order valence-corrected chi connectivity index (χ4v) is 0.470. The highest BCUT2D eigenvalue weighted by Gasteiger charge is 1.90. The zero-order valence-corrected chi connectivity index (χ0v) is 4.46. The first kappa shape index (κ1) is 5.03.